The molecule has 0 unspecified atom stereocenters. The van der Waals surface area contributed by atoms with E-state index in [0.29, 0.717) is 44.1 Å². The molecule has 1 heterocycles. The minimum Gasteiger partial charge on any atom is -0.493 e. The maximum absolute atomic E-state index is 12.4. The normalized spacial score (nSPS) is 15.8. The molecule has 2 aromatic carbocycles. The molecule has 0 radical (unpaired) electrons. The number of nitrogens with one attached hydrogen (secondary N) is 1. The molecule has 9 heteroatoms. The van der Waals surface area contributed by atoms with Crippen LogP contribution >= 0.6 is 11.8 Å². The van der Waals surface area contributed by atoms with Crippen molar-refractivity contribution in [2.75, 3.05) is 28.4 Å². The molecule has 2 aromatic rings. The van der Waals surface area contributed by atoms with Gasteiger partial charge in [-0.2, -0.15) is 0 Å². The molecular formula is C21H20N2O6S. The number of methoxy groups -OCH3 is 4. The maximum Gasteiger partial charge on any atom is 0.340 e. The number of para-hydroxylation sites is 1. The van der Waals surface area contributed by atoms with Crippen LogP contribution in [0.3, 0.4) is 0 Å². The zero-order valence-electron chi connectivity index (χ0n) is 16.8. The third-order valence-corrected chi connectivity index (χ3v) is 5.08. The van der Waals surface area contributed by atoms with Crippen molar-refractivity contribution < 1.29 is 28.5 Å². The van der Waals surface area contributed by atoms with Crippen LogP contribution in [0.1, 0.15) is 15.9 Å². The second-order valence-corrected chi connectivity index (χ2v) is 6.98. The molecule has 0 atom stereocenters. The molecular weight excluding hydrogens is 408 g/mol. The van der Waals surface area contributed by atoms with Crippen LogP contribution in [-0.2, 0) is 9.53 Å². The quantitative estimate of drug-likeness (QED) is 0.557. The number of carbonyl (C=O) groups excluding carboxylic acids is 2. The number of rotatable bonds is 6. The highest BCUT2D eigenvalue weighted by molar-refractivity contribution is 8.18. The number of nitrogens with zero attached hydrogens (tertiary/aromatic N) is 1. The van der Waals surface area contributed by atoms with E-state index in [9.17, 15) is 9.59 Å². The number of carbonyl (C=O) groups is 2. The van der Waals surface area contributed by atoms with Crippen molar-refractivity contribution in [2.24, 2.45) is 4.99 Å². The average molecular weight is 428 g/mol. The van der Waals surface area contributed by atoms with Crippen molar-refractivity contribution >= 4 is 40.6 Å². The predicted molar refractivity (Wildman–Crippen MR) is 115 cm³/mol. The number of amides is 1. The number of ether oxygens (including phenoxy) is 4. The van der Waals surface area contributed by atoms with E-state index in [0.717, 1.165) is 11.8 Å². The van der Waals surface area contributed by atoms with E-state index in [-0.39, 0.29) is 5.91 Å². The van der Waals surface area contributed by atoms with Crippen LogP contribution in [0.4, 0.5) is 5.69 Å². The Balaban J connectivity index is 1.93. The largest absolute Gasteiger partial charge is 0.493 e. The maximum atomic E-state index is 12.4. The molecule has 1 fully saturated rings. The van der Waals surface area contributed by atoms with Crippen LogP contribution in [0.2, 0.25) is 0 Å². The first-order chi connectivity index (χ1) is 14.5. The van der Waals surface area contributed by atoms with Crippen LogP contribution in [0.25, 0.3) is 6.08 Å². The van der Waals surface area contributed by atoms with Gasteiger partial charge < -0.3 is 24.3 Å². The lowest BCUT2D eigenvalue weighted by atomic mass is 10.1. The molecule has 156 valence electrons. The number of benzene rings is 2. The molecule has 0 spiro atoms. The van der Waals surface area contributed by atoms with Gasteiger partial charge in [-0.15, -0.1) is 0 Å². The fourth-order valence-electron chi connectivity index (χ4n) is 2.78. The number of thioether (sulfide) groups is 1. The van der Waals surface area contributed by atoms with Gasteiger partial charge in [0.25, 0.3) is 5.91 Å². The van der Waals surface area contributed by atoms with Gasteiger partial charge in [-0.05, 0) is 47.7 Å². The van der Waals surface area contributed by atoms with Gasteiger partial charge in [0.05, 0.1) is 44.6 Å². The van der Waals surface area contributed by atoms with Gasteiger partial charge in [0.2, 0.25) is 5.75 Å². The third kappa shape index (κ3) is 4.41. The minimum atomic E-state index is -0.502. The molecule has 0 bridgehead atoms. The van der Waals surface area contributed by atoms with Gasteiger partial charge in [0.15, 0.2) is 16.7 Å². The predicted octanol–water partition coefficient (Wildman–Crippen LogP) is 3.39. The van der Waals surface area contributed by atoms with Gasteiger partial charge in [-0.1, -0.05) is 12.1 Å². The summed E-state index contributed by atoms with van der Waals surface area (Å²) >= 11 is 1.16. The van der Waals surface area contributed by atoms with Crippen LogP contribution in [0.15, 0.2) is 46.3 Å². The summed E-state index contributed by atoms with van der Waals surface area (Å²) < 4.78 is 20.8. The Morgan fingerprint density at radius 3 is 2.30 bits per heavy atom. The van der Waals surface area contributed by atoms with Crippen LogP contribution < -0.4 is 19.5 Å². The lowest BCUT2D eigenvalue weighted by Gasteiger charge is -2.12. The van der Waals surface area contributed by atoms with Gasteiger partial charge in [-0.25, -0.2) is 9.79 Å². The van der Waals surface area contributed by atoms with E-state index in [1.54, 1.807) is 42.5 Å². The number of aliphatic imine (C=N–C) groups is 1. The first-order valence-electron chi connectivity index (χ1n) is 8.77. The van der Waals surface area contributed by atoms with Crippen LogP contribution in [-0.4, -0.2) is 45.5 Å². The highest BCUT2D eigenvalue weighted by Gasteiger charge is 2.25. The summed E-state index contributed by atoms with van der Waals surface area (Å²) in [7, 11) is 5.87. The van der Waals surface area contributed by atoms with Gasteiger partial charge in [0.1, 0.15) is 0 Å². The monoisotopic (exact) mass is 428 g/mol. The van der Waals surface area contributed by atoms with Crippen molar-refractivity contribution in [1.29, 1.82) is 0 Å². The second kappa shape index (κ2) is 9.36. The molecule has 1 amide bonds. The Morgan fingerprint density at radius 2 is 1.70 bits per heavy atom. The molecule has 1 saturated heterocycles. The molecule has 1 N–H and O–H groups in total. The van der Waals surface area contributed by atoms with Gasteiger partial charge in [-0.3, -0.25) is 4.79 Å². The fourth-order valence-corrected chi connectivity index (χ4v) is 3.61. The molecule has 0 saturated carbocycles. The van der Waals surface area contributed by atoms with Crippen molar-refractivity contribution in [3.8, 4) is 17.2 Å². The third-order valence-electron chi connectivity index (χ3n) is 4.17. The summed E-state index contributed by atoms with van der Waals surface area (Å²) in [5.74, 6) is 0.619. The van der Waals surface area contributed by atoms with Crippen LogP contribution in [0, 0.1) is 0 Å². The number of hydrogen-bond acceptors (Lipinski definition) is 8. The topological polar surface area (TPSA) is 95.5 Å². The number of hydrogen-bond donors (Lipinski definition) is 1. The molecule has 30 heavy (non-hydrogen) atoms. The standard InChI is InChI=1S/C21H20N2O6S/c1-26-15-9-12(10-16(27-2)18(15)28-3)11-17-19(24)23-21(30-17)22-14-8-6-5-7-13(14)20(25)29-4/h5-11H,1-4H3,(H,22,23,24)/b17-11-. The zero-order chi connectivity index (χ0) is 21.7. The first kappa shape index (κ1) is 21.3. The Kier molecular flexibility index (Phi) is 6.63. The molecule has 1 aliphatic rings. The Bertz CT molecular complexity index is 1020. The van der Waals surface area contributed by atoms with E-state index in [2.05, 4.69) is 10.3 Å². The van der Waals surface area contributed by atoms with Gasteiger partial charge in [0, 0.05) is 0 Å². The highest BCUT2D eigenvalue weighted by Crippen LogP contribution is 2.39. The molecule has 0 aromatic heterocycles. The Morgan fingerprint density at radius 1 is 1.03 bits per heavy atom. The summed E-state index contributed by atoms with van der Waals surface area (Å²) in [6.07, 6.45) is 1.69. The minimum absolute atomic E-state index is 0.303. The van der Waals surface area contributed by atoms with Crippen molar-refractivity contribution in [3.05, 3.63) is 52.4 Å². The summed E-state index contributed by atoms with van der Waals surface area (Å²) in [5.41, 5.74) is 1.41. The zero-order valence-corrected chi connectivity index (χ0v) is 17.7. The summed E-state index contributed by atoms with van der Waals surface area (Å²) in [6, 6.07) is 10.2. The fraction of sp³-hybridized carbons (Fsp3) is 0.190. The second-order valence-electron chi connectivity index (χ2n) is 5.95. The lowest BCUT2D eigenvalue weighted by Crippen LogP contribution is -2.19. The van der Waals surface area contributed by atoms with E-state index in [4.69, 9.17) is 18.9 Å². The first-order valence-corrected chi connectivity index (χ1v) is 9.59. The Labute approximate surface area is 177 Å². The van der Waals surface area contributed by atoms with Crippen LogP contribution in [0.5, 0.6) is 17.2 Å². The highest BCUT2D eigenvalue weighted by atomic mass is 32.2. The van der Waals surface area contributed by atoms with Crippen molar-refractivity contribution in [3.63, 3.8) is 0 Å². The summed E-state index contributed by atoms with van der Waals surface area (Å²) in [6.45, 7) is 0. The summed E-state index contributed by atoms with van der Waals surface area (Å²) in [5, 5.41) is 3.06. The van der Waals surface area contributed by atoms with Gasteiger partial charge >= 0.3 is 5.97 Å². The average Bonchev–Trinajstić information content (AvgIpc) is 3.11. The number of esters is 1. The SMILES string of the molecule is COC(=O)c1ccccc1N=C1NC(=O)/C(=C/c2cc(OC)c(OC)c(OC)c2)S1. The van der Waals surface area contributed by atoms with E-state index >= 15 is 0 Å². The molecule has 3 rings (SSSR count). The van der Waals surface area contributed by atoms with E-state index in [1.807, 2.05) is 0 Å². The van der Waals surface area contributed by atoms with E-state index in [1.165, 1.54) is 28.4 Å². The van der Waals surface area contributed by atoms with E-state index < -0.39 is 5.97 Å². The van der Waals surface area contributed by atoms with Crippen molar-refractivity contribution in [2.45, 2.75) is 0 Å². The lowest BCUT2D eigenvalue weighted by molar-refractivity contribution is -0.115. The smallest absolute Gasteiger partial charge is 0.340 e. The van der Waals surface area contributed by atoms with Crippen molar-refractivity contribution in [1.82, 2.24) is 5.32 Å². The Hall–Kier alpha value is -3.46. The number of amidine groups is 1. The molecule has 0 aliphatic carbocycles. The molecule has 8 nitrogen and oxygen atoms in total. The molecule has 1 aliphatic heterocycles. The summed E-state index contributed by atoms with van der Waals surface area (Å²) in [4.78, 5) is 29.2.